The highest BCUT2D eigenvalue weighted by atomic mass is 16.6. The van der Waals surface area contributed by atoms with E-state index in [0.29, 0.717) is 12.3 Å². The second-order valence-electron chi connectivity index (χ2n) is 8.98. The van der Waals surface area contributed by atoms with Crippen molar-refractivity contribution in [1.29, 1.82) is 0 Å². The Hall–Kier alpha value is -3.70. The minimum atomic E-state index is -0.592. The molecule has 7 nitrogen and oxygen atoms in total. The maximum absolute atomic E-state index is 12.9. The van der Waals surface area contributed by atoms with Crippen LogP contribution in [0.2, 0.25) is 0 Å². The number of carbonyl (C=O) groups excluding carboxylic acids is 3. The molecule has 0 amide bonds. The fourth-order valence-electron chi connectivity index (χ4n) is 3.50. The highest BCUT2D eigenvalue weighted by Gasteiger charge is 2.26. The molecular formula is C27H32N2O5. The molecule has 0 N–H and O–H groups in total. The number of rotatable bonds is 6. The maximum atomic E-state index is 12.9. The maximum Gasteiger partial charge on any atom is 0.373 e. The normalized spacial score (nSPS) is 10.7. The van der Waals surface area contributed by atoms with Crippen molar-refractivity contribution in [3.8, 4) is 22.7 Å². The molecule has 0 atom stereocenters. The summed E-state index contributed by atoms with van der Waals surface area (Å²) in [5, 5.41) is 4.71. The van der Waals surface area contributed by atoms with Gasteiger partial charge in [-0.1, -0.05) is 24.6 Å². The van der Waals surface area contributed by atoms with Crippen molar-refractivity contribution in [3.63, 3.8) is 0 Å². The molecule has 180 valence electrons. The molecule has 2 aromatic carbocycles. The van der Waals surface area contributed by atoms with E-state index in [9.17, 15) is 4.79 Å². The second kappa shape index (κ2) is 11.4. The van der Waals surface area contributed by atoms with Crippen LogP contribution in [0.15, 0.2) is 42.5 Å². The van der Waals surface area contributed by atoms with Gasteiger partial charge in [-0.2, -0.15) is 14.7 Å². The van der Waals surface area contributed by atoms with Gasteiger partial charge in [0, 0.05) is 11.1 Å². The topological polar surface area (TPSA) is 87.5 Å². The van der Waals surface area contributed by atoms with Gasteiger partial charge in [-0.25, -0.2) is 9.48 Å². The average Bonchev–Trinajstić information content (AvgIpc) is 3.09. The van der Waals surface area contributed by atoms with E-state index in [1.54, 1.807) is 0 Å². The zero-order valence-electron chi connectivity index (χ0n) is 20.9. The van der Waals surface area contributed by atoms with Crippen LogP contribution in [0.4, 0.5) is 0 Å². The van der Waals surface area contributed by atoms with Crippen molar-refractivity contribution in [3.05, 3.63) is 64.8 Å². The summed E-state index contributed by atoms with van der Waals surface area (Å²) < 4.78 is 13.2. The molecule has 0 aliphatic rings. The number of hydrogen-bond acceptors (Lipinski definition) is 6. The fourth-order valence-corrected chi connectivity index (χ4v) is 3.50. The van der Waals surface area contributed by atoms with Crippen molar-refractivity contribution in [2.45, 2.75) is 60.5 Å². The first kappa shape index (κ1) is 26.6. The first-order valence-corrected chi connectivity index (χ1v) is 11.2. The summed E-state index contributed by atoms with van der Waals surface area (Å²) in [5.74, 6) is 0.408. The van der Waals surface area contributed by atoms with Crippen molar-refractivity contribution in [2.75, 3.05) is 6.61 Å². The lowest BCUT2D eigenvalue weighted by Crippen LogP contribution is -2.24. The molecule has 1 aromatic heterocycles. The van der Waals surface area contributed by atoms with Gasteiger partial charge >= 0.3 is 12.1 Å². The molecule has 3 rings (SSSR count). The molecular weight excluding hydrogens is 432 g/mol. The summed E-state index contributed by atoms with van der Waals surface area (Å²) in [5.41, 5.74) is 5.56. The van der Waals surface area contributed by atoms with Crippen LogP contribution < -0.4 is 4.74 Å². The van der Waals surface area contributed by atoms with Crippen LogP contribution in [0.25, 0.3) is 16.9 Å². The van der Waals surface area contributed by atoms with Gasteiger partial charge in [-0.3, -0.25) is 0 Å². The number of benzene rings is 2. The van der Waals surface area contributed by atoms with Crippen molar-refractivity contribution >= 4 is 12.1 Å². The minimum Gasteiger partial charge on any atom is -0.494 e. The predicted octanol–water partition coefficient (Wildman–Crippen LogP) is 5.63. The Labute approximate surface area is 200 Å². The first-order valence-electron chi connectivity index (χ1n) is 11.2. The monoisotopic (exact) mass is 464 g/mol. The Morgan fingerprint density at radius 3 is 2.18 bits per heavy atom. The molecule has 0 aliphatic carbocycles. The number of ether oxygens (including phenoxy) is 2. The summed E-state index contributed by atoms with van der Waals surface area (Å²) in [6.45, 7) is 14.4. The molecule has 0 saturated carbocycles. The van der Waals surface area contributed by atoms with Crippen LogP contribution in [0.5, 0.6) is 5.75 Å². The van der Waals surface area contributed by atoms with Gasteiger partial charge in [-0.05, 0) is 83.9 Å². The third-order valence-electron chi connectivity index (χ3n) is 4.90. The molecule has 34 heavy (non-hydrogen) atoms. The molecule has 0 aliphatic heterocycles. The molecule has 0 fully saturated rings. The van der Waals surface area contributed by atoms with Crippen LogP contribution >= 0.6 is 0 Å². The van der Waals surface area contributed by atoms with Gasteiger partial charge in [0.15, 0.2) is 5.69 Å². The number of carbonyl (C=O) groups is 1. The quantitative estimate of drug-likeness (QED) is 0.440. The summed E-state index contributed by atoms with van der Waals surface area (Å²) in [6, 6.07) is 14.1. The molecule has 3 aromatic rings. The van der Waals surface area contributed by atoms with E-state index in [0.717, 1.165) is 40.2 Å². The van der Waals surface area contributed by atoms with E-state index in [-0.39, 0.29) is 6.15 Å². The van der Waals surface area contributed by atoms with Gasteiger partial charge < -0.3 is 9.47 Å². The fraction of sp³-hybridized carbons (Fsp3) is 0.370. The lowest BCUT2D eigenvalue weighted by Gasteiger charge is -2.18. The number of hydrogen-bond donors (Lipinski definition) is 0. The van der Waals surface area contributed by atoms with Crippen molar-refractivity contribution in [1.82, 2.24) is 9.78 Å². The van der Waals surface area contributed by atoms with E-state index < -0.39 is 11.6 Å². The van der Waals surface area contributed by atoms with Crippen LogP contribution in [-0.2, 0) is 14.3 Å². The average molecular weight is 465 g/mol. The van der Waals surface area contributed by atoms with Crippen molar-refractivity contribution in [2.24, 2.45) is 0 Å². The zero-order valence-corrected chi connectivity index (χ0v) is 20.9. The molecule has 1 heterocycles. The summed E-state index contributed by atoms with van der Waals surface area (Å²) in [4.78, 5) is 29.2. The van der Waals surface area contributed by atoms with Crippen LogP contribution in [-0.4, -0.2) is 34.1 Å². The van der Waals surface area contributed by atoms with Gasteiger partial charge in [0.05, 0.1) is 18.0 Å². The Bertz CT molecular complexity index is 1160. The lowest BCUT2D eigenvalue weighted by atomic mass is 10.0. The zero-order chi connectivity index (χ0) is 25.5. The molecule has 0 unspecified atom stereocenters. The Morgan fingerprint density at radius 2 is 1.65 bits per heavy atom. The van der Waals surface area contributed by atoms with Gasteiger partial charge in [0.25, 0.3) is 0 Å². The minimum absolute atomic E-state index is 0.250. The number of nitrogens with zero attached hydrogens (tertiary/aromatic N) is 2. The van der Waals surface area contributed by atoms with E-state index in [1.165, 1.54) is 5.56 Å². The second-order valence-corrected chi connectivity index (χ2v) is 8.98. The Kier molecular flexibility index (Phi) is 8.93. The number of aryl methyl sites for hydroxylation is 2. The van der Waals surface area contributed by atoms with Crippen LogP contribution in [0.3, 0.4) is 0 Å². The largest absolute Gasteiger partial charge is 0.494 e. The molecule has 0 bridgehead atoms. The van der Waals surface area contributed by atoms with E-state index in [4.69, 9.17) is 24.2 Å². The van der Waals surface area contributed by atoms with Gasteiger partial charge in [-0.15, -0.1) is 0 Å². The van der Waals surface area contributed by atoms with Gasteiger partial charge in [0.2, 0.25) is 0 Å². The SMILES string of the molecule is CCCOc1ccc(-c2c(C)c(C(=O)OC(C)(C)C)nn2-c2ccc(C)cc2C)cc1.O=C=O. The third kappa shape index (κ3) is 6.65. The Balaban J connectivity index is 0.00000129. The number of esters is 1. The molecule has 0 spiro atoms. The molecule has 7 heteroatoms. The van der Waals surface area contributed by atoms with Crippen molar-refractivity contribution < 1.29 is 23.9 Å². The van der Waals surface area contributed by atoms with Gasteiger partial charge in [0.1, 0.15) is 11.4 Å². The third-order valence-corrected chi connectivity index (χ3v) is 4.90. The summed E-state index contributed by atoms with van der Waals surface area (Å²) >= 11 is 0. The standard InChI is InChI=1S/C26H32N2O3.CO2/c1-8-15-30-21-12-10-20(11-13-21)24-19(4)23(25(29)31-26(5,6)7)27-28(24)22-14-9-17(2)16-18(22)3;2-1-3/h9-14,16H,8,15H2,1-7H3;. The highest BCUT2D eigenvalue weighted by Crippen LogP contribution is 2.32. The first-order chi connectivity index (χ1) is 16.0. The molecule has 0 saturated heterocycles. The lowest BCUT2D eigenvalue weighted by molar-refractivity contribution is -0.191. The Morgan fingerprint density at radius 1 is 1.03 bits per heavy atom. The molecule has 0 radical (unpaired) electrons. The van der Waals surface area contributed by atoms with Crippen LogP contribution in [0.1, 0.15) is 61.3 Å². The smallest absolute Gasteiger partial charge is 0.373 e. The summed E-state index contributed by atoms with van der Waals surface area (Å²) in [6.07, 6.45) is 1.21. The van der Waals surface area contributed by atoms with E-state index in [2.05, 4.69) is 32.9 Å². The highest BCUT2D eigenvalue weighted by molar-refractivity contribution is 5.91. The van der Waals surface area contributed by atoms with Crippen LogP contribution in [0, 0.1) is 20.8 Å². The predicted molar refractivity (Wildman–Crippen MR) is 129 cm³/mol. The van der Waals surface area contributed by atoms with E-state index >= 15 is 0 Å². The number of aromatic nitrogens is 2. The van der Waals surface area contributed by atoms with E-state index in [1.807, 2.05) is 62.7 Å². The summed E-state index contributed by atoms with van der Waals surface area (Å²) in [7, 11) is 0.